The number of amides is 1. The van der Waals surface area contributed by atoms with Gasteiger partial charge in [-0.1, -0.05) is 12.1 Å². The number of ether oxygens (including phenoxy) is 1. The topological polar surface area (TPSA) is 51.2 Å². The van der Waals surface area contributed by atoms with Gasteiger partial charge in [0.05, 0.1) is 11.1 Å². The molecule has 0 aliphatic heterocycles. The van der Waals surface area contributed by atoms with Crippen molar-refractivity contribution in [3.05, 3.63) is 77.7 Å². The highest BCUT2D eigenvalue weighted by atomic mass is 19.4. The molecule has 4 aliphatic rings. The highest BCUT2D eigenvalue weighted by Crippen LogP contribution is 2.55. The van der Waals surface area contributed by atoms with Crippen molar-refractivity contribution in [2.75, 3.05) is 0 Å². The van der Waals surface area contributed by atoms with Crippen LogP contribution in [-0.4, -0.2) is 16.4 Å². The van der Waals surface area contributed by atoms with E-state index in [0.29, 0.717) is 34.4 Å². The molecule has 8 heteroatoms. The molecule has 1 amide bonds. The van der Waals surface area contributed by atoms with E-state index >= 15 is 0 Å². The Bertz CT molecular complexity index is 1300. The predicted octanol–water partition coefficient (Wildman–Crippen LogP) is 7.40. The van der Waals surface area contributed by atoms with E-state index in [1.54, 1.807) is 12.1 Å². The van der Waals surface area contributed by atoms with Crippen LogP contribution in [0.4, 0.5) is 17.6 Å². The molecular formula is C29H26F4N2O2. The Morgan fingerprint density at radius 2 is 1.59 bits per heavy atom. The zero-order chi connectivity index (χ0) is 25.8. The summed E-state index contributed by atoms with van der Waals surface area (Å²) in [5, 5.41) is 3.32. The van der Waals surface area contributed by atoms with Crippen molar-refractivity contribution in [1.82, 2.24) is 10.3 Å². The summed E-state index contributed by atoms with van der Waals surface area (Å²) in [6, 6.07) is 11.7. The smallest absolute Gasteiger partial charge is 0.416 e. The van der Waals surface area contributed by atoms with Gasteiger partial charge in [0.1, 0.15) is 11.6 Å². The van der Waals surface area contributed by atoms with Crippen LogP contribution in [0.2, 0.25) is 0 Å². The van der Waals surface area contributed by atoms with Crippen LogP contribution >= 0.6 is 0 Å². The van der Waals surface area contributed by atoms with E-state index in [2.05, 4.69) is 10.3 Å². The van der Waals surface area contributed by atoms with Crippen molar-refractivity contribution >= 4 is 5.91 Å². The first-order valence-electron chi connectivity index (χ1n) is 12.6. The Balaban J connectivity index is 1.30. The van der Waals surface area contributed by atoms with Gasteiger partial charge in [-0.15, -0.1) is 0 Å². The normalized spacial score (nSPS) is 26.2. The van der Waals surface area contributed by atoms with Gasteiger partial charge in [0.15, 0.2) is 0 Å². The molecule has 4 saturated carbocycles. The number of hydrogen-bond donors (Lipinski definition) is 1. The number of carbonyl (C=O) groups excluding carboxylic acids is 1. The average Bonchev–Trinajstić information content (AvgIpc) is 2.83. The fraction of sp³-hybridized carbons (Fsp3) is 0.379. The van der Waals surface area contributed by atoms with Crippen LogP contribution in [0, 0.1) is 23.6 Å². The predicted molar refractivity (Wildman–Crippen MR) is 130 cm³/mol. The largest absolute Gasteiger partial charge is 0.438 e. The summed E-state index contributed by atoms with van der Waals surface area (Å²) in [7, 11) is 0. The summed E-state index contributed by atoms with van der Waals surface area (Å²) in [4.78, 5) is 17.7. The second-order valence-electron chi connectivity index (χ2n) is 10.9. The van der Waals surface area contributed by atoms with Gasteiger partial charge in [-0.2, -0.15) is 13.2 Å². The third-order valence-electron chi connectivity index (χ3n) is 8.06. The second-order valence-corrected chi connectivity index (χ2v) is 10.9. The molecule has 3 aromatic rings. The minimum Gasteiger partial charge on any atom is -0.438 e. The number of benzene rings is 2. The van der Waals surface area contributed by atoms with Gasteiger partial charge in [0.25, 0.3) is 5.91 Å². The highest BCUT2D eigenvalue weighted by Gasteiger charge is 2.51. The standard InChI is InChI=1S/C29H26F4N2O2/c30-23-3-1-2-20(11-23)25-12-21(16-34-27(25)37-24-6-4-22(5-7-24)29(31,32)33)26(36)35-28-13-17-8-18(14-28)10-19(9-17)15-28/h1-7,11-12,16-19H,8-10,13-15H2,(H,35,36). The number of alkyl halides is 3. The molecule has 1 aromatic heterocycles. The number of nitrogens with one attached hydrogen (secondary N) is 1. The maximum Gasteiger partial charge on any atom is 0.416 e. The first-order valence-corrected chi connectivity index (χ1v) is 12.6. The quantitative estimate of drug-likeness (QED) is 0.364. The van der Waals surface area contributed by atoms with E-state index < -0.39 is 17.6 Å². The molecule has 4 bridgehead atoms. The fourth-order valence-electron chi connectivity index (χ4n) is 6.92. The maximum absolute atomic E-state index is 14.1. The van der Waals surface area contributed by atoms with E-state index in [-0.39, 0.29) is 23.1 Å². The van der Waals surface area contributed by atoms with Gasteiger partial charge in [0.2, 0.25) is 5.88 Å². The molecule has 0 spiro atoms. The van der Waals surface area contributed by atoms with Crippen molar-refractivity contribution in [3.63, 3.8) is 0 Å². The number of hydrogen-bond acceptors (Lipinski definition) is 3. The van der Waals surface area contributed by atoms with Gasteiger partial charge >= 0.3 is 6.18 Å². The van der Waals surface area contributed by atoms with Gasteiger partial charge < -0.3 is 10.1 Å². The third kappa shape index (κ3) is 4.81. The van der Waals surface area contributed by atoms with Crippen molar-refractivity contribution < 1.29 is 27.1 Å². The van der Waals surface area contributed by atoms with Gasteiger partial charge in [-0.25, -0.2) is 9.37 Å². The summed E-state index contributed by atoms with van der Waals surface area (Å²) in [6.45, 7) is 0. The van der Waals surface area contributed by atoms with Gasteiger partial charge in [0, 0.05) is 17.3 Å². The molecule has 37 heavy (non-hydrogen) atoms. The Hall–Kier alpha value is -3.42. The Labute approximate surface area is 212 Å². The Morgan fingerprint density at radius 3 is 2.19 bits per heavy atom. The molecule has 7 rings (SSSR count). The van der Waals surface area contributed by atoms with Crippen LogP contribution in [0.25, 0.3) is 11.1 Å². The number of pyridine rings is 1. The molecule has 4 fully saturated rings. The number of rotatable bonds is 5. The molecule has 1 N–H and O–H groups in total. The number of carbonyl (C=O) groups is 1. The second kappa shape index (κ2) is 8.85. The zero-order valence-electron chi connectivity index (χ0n) is 20.0. The van der Waals surface area contributed by atoms with E-state index in [9.17, 15) is 22.4 Å². The van der Waals surface area contributed by atoms with E-state index in [1.165, 1.54) is 55.8 Å². The van der Waals surface area contributed by atoms with Crippen LogP contribution in [0.3, 0.4) is 0 Å². The lowest BCUT2D eigenvalue weighted by atomic mass is 9.53. The van der Waals surface area contributed by atoms with Crippen molar-refractivity contribution in [1.29, 1.82) is 0 Å². The van der Waals surface area contributed by atoms with Crippen molar-refractivity contribution in [3.8, 4) is 22.8 Å². The molecule has 0 saturated heterocycles. The monoisotopic (exact) mass is 510 g/mol. The third-order valence-corrected chi connectivity index (χ3v) is 8.06. The molecule has 0 radical (unpaired) electrons. The molecule has 192 valence electrons. The Kier molecular flexibility index (Phi) is 5.73. The van der Waals surface area contributed by atoms with Crippen LogP contribution in [0.15, 0.2) is 60.8 Å². The van der Waals surface area contributed by atoms with Crippen LogP contribution < -0.4 is 10.1 Å². The lowest BCUT2D eigenvalue weighted by Gasteiger charge is -2.56. The zero-order valence-corrected chi connectivity index (χ0v) is 20.0. The highest BCUT2D eigenvalue weighted by molar-refractivity contribution is 5.96. The number of nitrogens with zero attached hydrogens (tertiary/aromatic N) is 1. The SMILES string of the molecule is O=C(NC12CC3CC(CC(C3)C1)C2)c1cnc(Oc2ccc(C(F)(F)F)cc2)c(-c2cccc(F)c2)c1. The minimum absolute atomic E-state index is 0.0664. The summed E-state index contributed by atoms with van der Waals surface area (Å²) in [5.41, 5.74) is 0.168. The van der Waals surface area contributed by atoms with E-state index in [0.717, 1.165) is 31.4 Å². The molecule has 1 heterocycles. The molecule has 4 aliphatic carbocycles. The maximum atomic E-state index is 14.1. The van der Waals surface area contributed by atoms with Crippen LogP contribution in [0.5, 0.6) is 11.6 Å². The summed E-state index contributed by atoms with van der Waals surface area (Å²) in [5.74, 6) is 1.53. The summed E-state index contributed by atoms with van der Waals surface area (Å²) < 4.78 is 58.7. The van der Waals surface area contributed by atoms with Crippen LogP contribution in [-0.2, 0) is 6.18 Å². The molecule has 0 atom stereocenters. The number of halogens is 4. The van der Waals surface area contributed by atoms with Crippen molar-refractivity contribution in [2.45, 2.75) is 50.2 Å². The molecule has 0 unspecified atom stereocenters. The van der Waals surface area contributed by atoms with Crippen LogP contribution in [0.1, 0.15) is 54.4 Å². The van der Waals surface area contributed by atoms with Gasteiger partial charge in [-0.05, 0) is 104 Å². The first-order chi connectivity index (χ1) is 17.7. The first kappa shape index (κ1) is 23.9. The minimum atomic E-state index is -4.46. The molecule has 4 nitrogen and oxygen atoms in total. The lowest BCUT2D eigenvalue weighted by Crippen LogP contribution is -2.59. The number of aromatic nitrogens is 1. The lowest BCUT2D eigenvalue weighted by molar-refractivity contribution is -0.137. The van der Waals surface area contributed by atoms with E-state index in [1.807, 2.05) is 0 Å². The Morgan fingerprint density at radius 1 is 0.946 bits per heavy atom. The van der Waals surface area contributed by atoms with E-state index in [4.69, 9.17) is 4.74 Å². The summed E-state index contributed by atoms with van der Waals surface area (Å²) in [6.07, 6.45) is 3.73. The van der Waals surface area contributed by atoms with Crippen molar-refractivity contribution in [2.24, 2.45) is 17.8 Å². The molecular weight excluding hydrogens is 484 g/mol. The summed E-state index contributed by atoms with van der Waals surface area (Å²) >= 11 is 0. The molecule has 2 aromatic carbocycles. The fourth-order valence-corrected chi connectivity index (χ4v) is 6.92. The van der Waals surface area contributed by atoms with Gasteiger partial charge in [-0.3, -0.25) is 4.79 Å². The average molecular weight is 511 g/mol.